The van der Waals surface area contributed by atoms with Gasteiger partial charge in [0.05, 0.1) is 6.61 Å². The minimum atomic E-state index is -0.855. The lowest BCUT2D eigenvalue weighted by atomic mass is 9.94. The number of halogens is 1. The maximum Gasteiger partial charge on any atom is 0.312 e. The van der Waals surface area contributed by atoms with Crippen LogP contribution in [0.1, 0.15) is 55.5 Å². The molecule has 0 bridgehead atoms. The molecule has 2 aromatic heterocycles. The lowest BCUT2D eigenvalue weighted by Gasteiger charge is -2.34. The van der Waals surface area contributed by atoms with Gasteiger partial charge in [-0.15, -0.1) is 0 Å². The molecule has 1 aliphatic heterocycles. The number of ether oxygens (including phenoxy) is 2. The summed E-state index contributed by atoms with van der Waals surface area (Å²) in [4.78, 5) is 14.8. The Bertz CT molecular complexity index is 1190. The van der Waals surface area contributed by atoms with Crippen molar-refractivity contribution in [3.8, 4) is 11.5 Å². The molecule has 188 valence electrons. The molecule has 1 fully saturated rings. The van der Waals surface area contributed by atoms with Crippen LogP contribution in [0.25, 0.3) is 11.2 Å². The van der Waals surface area contributed by atoms with Crippen molar-refractivity contribution in [2.45, 2.75) is 64.5 Å². The summed E-state index contributed by atoms with van der Waals surface area (Å²) in [6.45, 7) is 4.51. The van der Waals surface area contributed by atoms with Crippen molar-refractivity contribution < 1.29 is 19.0 Å². The van der Waals surface area contributed by atoms with Gasteiger partial charge in [-0.25, -0.2) is 4.98 Å². The number of fused-ring (bicyclic) bond motifs is 2. The number of nitrogen functional groups attached to an aromatic ring is 1. The van der Waals surface area contributed by atoms with Crippen LogP contribution in [0.15, 0.2) is 12.1 Å². The van der Waals surface area contributed by atoms with Gasteiger partial charge in [-0.05, 0) is 49.4 Å². The Morgan fingerprint density at radius 2 is 1.89 bits per heavy atom. The third-order valence-corrected chi connectivity index (χ3v) is 7.16. The van der Waals surface area contributed by atoms with E-state index in [0.29, 0.717) is 42.5 Å². The maximum atomic E-state index is 14.1. The normalized spacial score (nSPS) is 16.0. The molecule has 1 aromatic carbocycles. The fourth-order valence-electron chi connectivity index (χ4n) is 5.34. The molecule has 0 atom stereocenters. The van der Waals surface area contributed by atoms with Crippen molar-refractivity contribution in [2.75, 3.05) is 32.2 Å². The number of aryl methyl sites for hydroxylation is 2. The maximum absolute atomic E-state index is 14.1. The highest BCUT2D eigenvalue weighted by atomic mass is 19.1. The number of imidazole rings is 1. The number of benzene rings is 1. The van der Waals surface area contributed by atoms with Gasteiger partial charge < -0.3 is 24.9 Å². The Labute approximate surface area is 204 Å². The molecule has 3 heterocycles. The first-order valence-electron chi connectivity index (χ1n) is 12.5. The van der Waals surface area contributed by atoms with Crippen LogP contribution in [0.4, 0.5) is 10.2 Å². The Kier molecular flexibility index (Phi) is 7.01. The number of rotatable bonds is 9. The molecule has 9 nitrogen and oxygen atoms in total. The number of hydrogen-bond acceptors (Lipinski definition) is 8. The molecule has 5 rings (SSSR count). The van der Waals surface area contributed by atoms with E-state index in [4.69, 9.17) is 20.2 Å². The third kappa shape index (κ3) is 5.04. The summed E-state index contributed by atoms with van der Waals surface area (Å²) >= 11 is 0. The van der Waals surface area contributed by atoms with E-state index in [9.17, 15) is 9.50 Å². The molecule has 0 spiro atoms. The molecular weight excluding hydrogens is 451 g/mol. The second kappa shape index (κ2) is 10.3. The van der Waals surface area contributed by atoms with Crippen molar-refractivity contribution in [1.82, 2.24) is 24.4 Å². The van der Waals surface area contributed by atoms with E-state index in [1.807, 2.05) is 23.6 Å². The SMILES string of the molecule is Cc1cc2c(cc1Cc1nc3c(N)nc(F)nc3n1CCCN(CCO)C1CCCCC1)OCO2. The van der Waals surface area contributed by atoms with E-state index < -0.39 is 6.08 Å². The second-order valence-electron chi connectivity index (χ2n) is 9.44. The van der Waals surface area contributed by atoms with Gasteiger partial charge in [0.15, 0.2) is 28.5 Å². The van der Waals surface area contributed by atoms with Gasteiger partial charge in [0.2, 0.25) is 6.79 Å². The van der Waals surface area contributed by atoms with Crippen LogP contribution in [-0.2, 0) is 13.0 Å². The minimum Gasteiger partial charge on any atom is -0.454 e. The van der Waals surface area contributed by atoms with Crippen molar-refractivity contribution in [3.05, 3.63) is 35.2 Å². The molecule has 10 heteroatoms. The number of anilines is 1. The molecular formula is C25H33FN6O3. The quantitative estimate of drug-likeness (QED) is 0.446. The average molecular weight is 485 g/mol. The molecule has 0 unspecified atom stereocenters. The highest BCUT2D eigenvalue weighted by molar-refractivity contribution is 5.82. The summed E-state index contributed by atoms with van der Waals surface area (Å²) in [5.74, 6) is 2.24. The highest BCUT2D eigenvalue weighted by Crippen LogP contribution is 2.35. The Hall–Kier alpha value is -2.98. The molecule has 3 N–H and O–H groups in total. The molecule has 0 saturated heterocycles. The molecule has 1 saturated carbocycles. The average Bonchev–Trinajstić information content (AvgIpc) is 3.43. The lowest BCUT2D eigenvalue weighted by Crippen LogP contribution is -2.39. The van der Waals surface area contributed by atoms with Crippen molar-refractivity contribution in [1.29, 1.82) is 0 Å². The van der Waals surface area contributed by atoms with Crippen molar-refractivity contribution in [3.63, 3.8) is 0 Å². The predicted molar refractivity (Wildman–Crippen MR) is 130 cm³/mol. The Morgan fingerprint density at radius 3 is 2.66 bits per heavy atom. The van der Waals surface area contributed by atoms with Crippen LogP contribution in [0.5, 0.6) is 11.5 Å². The number of nitrogens with two attached hydrogens (primary N) is 1. The topological polar surface area (TPSA) is 112 Å². The van der Waals surface area contributed by atoms with Gasteiger partial charge >= 0.3 is 6.08 Å². The number of aliphatic hydroxyl groups excluding tert-OH is 1. The number of hydrogen-bond donors (Lipinski definition) is 2. The molecule has 2 aliphatic rings. The summed E-state index contributed by atoms with van der Waals surface area (Å²) in [6.07, 6.45) is 6.62. The van der Waals surface area contributed by atoms with E-state index in [0.717, 1.165) is 35.7 Å². The van der Waals surface area contributed by atoms with Gasteiger partial charge in [-0.2, -0.15) is 14.4 Å². The Balaban J connectivity index is 1.41. The second-order valence-corrected chi connectivity index (χ2v) is 9.44. The first-order chi connectivity index (χ1) is 17.0. The van der Waals surface area contributed by atoms with Gasteiger partial charge in [0.25, 0.3) is 0 Å². The largest absolute Gasteiger partial charge is 0.454 e. The van der Waals surface area contributed by atoms with Gasteiger partial charge in [-0.1, -0.05) is 19.3 Å². The summed E-state index contributed by atoms with van der Waals surface area (Å²) in [5, 5.41) is 9.61. The van der Waals surface area contributed by atoms with Crippen LogP contribution in [-0.4, -0.2) is 62.1 Å². The lowest BCUT2D eigenvalue weighted by molar-refractivity contribution is 0.121. The molecule has 1 aliphatic carbocycles. The smallest absolute Gasteiger partial charge is 0.312 e. The fraction of sp³-hybridized carbons (Fsp3) is 0.560. The van der Waals surface area contributed by atoms with E-state index >= 15 is 0 Å². The van der Waals surface area contributed by atoms with E-state index in [-0.39, 0.29) is 19.2 Å². The Morgan fingerprint density at radius 1 is 1.11 bits per heavy atom. The van der Waals surface area contributed by atoms with Crippen LogP contribution < -0.4 is 15.2 Å². The zero-order valence-electron chi connectivity index (χ0n) is 20.2. The zero-order chi connectivity index (χ0) is 24.4. The number of nitrogens with zero attached hydrogens (tertiary/aromatic N) is 5. The first kappa shape index (κ1) is 23.7. The van der Waals surface area contributed by atoms with Gasteiger partial charge in [0.1, 0.15) is 5.82 Å². The van der Waals surface area contributed by atoms with Gasteiger partial charge in [0, 0.05) is 32.1 Å². The molecule has 35 heavy (non-hydrogen) atoms. The van der Waals surface area contributed by atoms with E-state index in [1.165, 1.54) is 32.1 Å². The fourth-order valence-corrected chi connectivity index (χ4v) is 5.34. The van der Waals surface area contributed by atoms with Crippen molar-refractivity contribution in [2.24, 2.45) is 0 Å². The highest BCUT2D eigenvalue weighted by Gasteiger charge is 2.23. The zero-order valence-corrected chi connectivity index (χ0v) is 20.2. The van der Waals surface area contributed by atoms with Crippen molar-refractivity contribution >= 4 is 17.0 Å². The minimum absolute atomic E-state index is 0.0408. The third-order valence-electron chi connectivity index (χ3n) is 7.16. The molecule has 0 radical (unpaired) electrons. The summed E-state index contributed by atoms with van der Waals surface area (Å²) in [5.41, 5.74) is 8.94. The van der Waals surface area contributed by atoms with Crippen LogP contribution in [0.2, 0.25) is 0 Å². The monoisotopic (exact) mass is 484 g/mol. The predicted octanol–water partition coefficient (Wildman–Crippen LogP) is 3.19. The molecule has 0 amide bonds. The first-order valence-corrected chi connectivity index (χ1v) is 12.5. The van der Waals surface area contributed by atoms with Crippen LogP contribution >= 0.6 is 0 Å². The van der Waals surface area contributed by atoms with E-state index in [2.05, 4.69) is 14.9 Å². The summed E-state index contributed by atoms with van der Waals surface area (Å²) < 4.78 is 27.1. The van der Waals surface area contributed by atoms with E-state index in [1.54, 1.807) is 0 Å². The standard InChI is InChI=1S/C25H33FN6O3/c1-16-12-19-20(35-15-34-19)13-17(16)14-21-28-22-23(27)29-25(26)30-24(22)32(21)9-5-8-31(10-11-33)18-6-3-2-4-7-18/h12-13,18,33H,2-11,14-15H2,1H3,(H2,27,29,30). The number of aliphatic hydroxyl groups is 1. The van der Waals surface area contributed by atoms with Crippen LogP contribution in [0.3, 0.4) is 0 Å². The molecule has 3 aromatic rings. The van der Waals surface area contributed by atoms with Crippen LogP contribution in [0, 0.1) is 13.0 Å². The number of aromatic nitrogens is 4. The summed E-state index contributed by atoms with van der Waals surface area (Å²) in [6, 6.07) is 4.46. The van der Waals surface area contributed by atoms with Gasteiger partial charge in [-0.3, -0.25) is 4.90 Å². The summed E-state index contributed by atoms with van der Waals surface area (Å²) in [7, 11) is 0.